The number of benzene rings is 1. The van der Waals surface area contributed by atoms with Gasteiger partial charge in [-0.1, -0.05) is 6.07 Å². The molecule has 0 fully saturated rings. The Morgan fingerprint density at radius 3 is 2.48 bits per heavy atom. The zero-order valence-corrected chi connectivity index (χ0v) is 16.7. The number of fused-ring (bicyclic) bond motifs is 1. The van der Waals surface area contributed by atoms with Crippen molar-refractivity contribution in [2.45, 2.75) is 13.5 Å². The molecular weight excluding hydrogens is 382 g/mol. The third kappa shape index (κ3) is 3.33. The van der Waals surface area contributed by atoms with Crippen molar-refractivity contribution in [2.75, 3.05) is 14.2 Å². The summed E-state index contributed by atoms with van der Waals surface area (Å²) in [4.78, 5) is 23.6. The molecule has 27 heavy (non-hydrogen) atoms. The summed E-state index contributed by atoms with van der Waals surface area (Å²) in [7, 11) is 3.21. The molecule has 3 aromatic heterocycles. The van der Waals surface area contributed by atoms with Crippen molar-refractivity contribution in [3.63, 3.8) is 0 Å². The number of rotatable bonds is 5. The SMILES string of the molecule is COc1cc(Cn2c(=O)nc(-c3cccs3)c3nc(C)sc32)cc(OC)c1. The fraction of sp³-hybridized carbons (Fsp3) is 0.211. The lowest BCUT2D eigenvalue weighted by atomic mass is 10.2. The Bertz CT molecular complexity index is 1140. The lowest BCUT2D eigenvalue weighted by Gasteiger charge is -2.11. The number of methoxy groups -OCH3 is 2. The standard InChI is InChI=1S/C19H17N3O3S2/c1-11-20-17-16(15-5-4-6-26-15)21-19(23)22(18(17)27-11)10-12-7-13(24-2)9-14(8-12)25-3/h4-9H,10H2,1-3H3. The third-order valence-corrected chi connectivity index (χ3v) is 6.00. The van der Waals surface area contributed by atoms with Crippen molar-refractivity contribution in [3.8, 4) is 22.1 Å². The molecule has 0 spiro atoms. The number of thiazole rings is 1. The minimum Gasteiger partial charge on any atom is -0.497 e. The highest BCUT2D eigenvalue weighted by Crippen LogP contribution is 2.32. The highest BCUT2D eigenvalue weighted by molar-refractivity contribution is 7.18. The lowest BCUT2D eigenvalue weighted by molar-refractivity contribution is 0.393. The Morgan fingerprint density at radius 2 is 1.85 bits per heavy atom. The van der Waals surface area contributed by atoms with Crippen LogP contribution in [0.3, 0.4) is 0 Å². The smallest absolute Gasteiger partial charge is 0.349 e. The molecule has 0 saturated heterocycles. The number of ether oxygens (including phenoxy) is 2. The Labute approximate surface area is 163 Å². The number of hydrogen-bond donors (Lipinski definition) is 0. The maximum Gasteiger partial charge on any atom is 0.349 e. The van der Waals surface area contributed by atoms with E-state index < -0.39 is 0 Å². The Balaban J connectivity index is 1.87. The van der Waals surface area contributed by atoms with Crippen LogP contribution in [0.4, 0.5) is 0 Å². The summed E-state index contributed by atoms with van der Waals surface area (Å²) in [5.74, 6) is 1.36. The van der Waals surface area contributed by atoms with Gasteiger partial charge in [0.2, 0.25) is 0 Å². The summed E-state index contributed by atoms with van der Waals surface area (Å²) in [6.07, 6.45) is 0. The van der Waals surface area contributed by atoms with Crippen LogP contribution in [0.2, 0.25) is 0 Å². The zero-order valence-electron chi connectivity index (χ0n) is 15.1. The van der Waals surface area contributed by atoms with E-state index >= 15 is 0 Å². The predicted molar refractivity (Wildman–Crippen MR) is 108 cm³/mol. The van der Waals surface area contributed by atoms with Gasteiger partial charge in [-0.3, -0.25) is 4.57 Å². The second kappa shape index (κ2) is 7.13. The number of aromatic nitrogens is 3. The van der Waals surface area contributed by atoms with Crippen molar-refractivity contribution >= 4 is 33.0 Å². The first-order chi connectivity index (χ1) is 13.1. The van der Waals surface area contributed by atoms with Crippen LogP contribution >= 0.6 is 22.7 Å². The quantitative estimate of drug-likeness (QED) is 0.508. The van der Waals surface area contributed by atoms with E-state index in [0.717, 1.165) is 25.8 Å². The lowest BCUT2D eigenvalue weighted by Crippen LogP contribution is -2.24. The number of thiophene rings is 1. The first-order valence-corrected chi connectivity index (χ1v) is 9.92. The average Bonchev–Trinajstić information content (AvgIpc) is 3.33. The van der Waals surface area contributed by atoms with Crippen molar-refractivity contribution in [1.29, 1.82) is 0 Å². The molecular formula is C19H17N3O3S2. The summed E-state index contributed by atoms with van der Waals surface area (Å²) in [5.41, 5.74) is 2.01. The van der Waals surface area contributed by atoms with Crippen molar-refractivity contribution in [3.05, 3.63) is 56.8 Å². The van der Waals surface area contributed by atoms with Crippen LogP contribution in [0, 0.1) is 6.92 Å². The molecule has 4 rings (SSSR count). The first-order valence-electron chi connectivity index (χ1n) is 8.23. The van der Waals surface area contributed by atoms with Crippen LogP contribution in [0.25, 0.3) is 20.9 Å². The van der Waals surface area contributed by atoms with Gasteiger partial charge < -0.3 is 9.47 Å². The van der Waals surface area contributed by atoms with Gasteiger partial charge in [0.15, 0.2) is 0 Å². The third-order valence-electron chi connectivity index (χ3n) is 4.13. The first kappa shape index (κ1) is 17.7. The van der Waals surface area contributed by atoms with E-state index in [1.165, 1.54) is 11.3 Å². The van der Waals surface area contributed by atoms with Crippen LogP contribution in [-0.2, 0) is 6.54 Å². The summed E-state index contributed by atoms with van der Waals surface area (Å²) >= 11 is 3.05. The minimum atomic E-state index is -0.295. The van der Waals surface area contributed by atoms with E-state index in [1.807, 2.05) is 36.6 Å². The molecule has 6 nitrogen and oxygen atoms in total. The predicted octanol–water partition coefficient (Wildman–Crippen LogP) is 3.96. The van der Waals surface area contributed by atoms with Crippen LogP contribution in [-0.4, -0.2) is 28.8 Å². The molecule has 0 aliphatic rings. The molecule has 0 bridgehead atoms. The van der Waals surface area contributed by atoms with Crippen LogP contribution in [0.5, 0.6) is 11.5 Å². The van der Waals surface area contributed by atoms with Gasteiger partial charge in [-0.15, -0.1) is 22.7 Å². The highest BCUT2D eigenvalue weighted by atomic mass is 32.1. The van der Waals surface area contributed by atoms with Crippen LogP contribution in [0.1, 0.15) is 10.6 Å². The molecule has 0 unspecified atom stereocenters. The highest BCUT2D eigenvalue weighted by Gasteiger charge is 2.17. The summed E-state index contributed by atoms with van der Waals surface area (Å²) in [6.45, 7) is 2.30. The number of nitrogens with zero attached hydrogens (tertiary/aromatic N) is 3. The van der Waals surface area contributed by atoms with Gasteiger partial charge in [-0.05, 0) is 36.1 Å². The van der Waals surface area contributed by atoms with Gasteiger partial charge in [0, 0.05) is 6.07 Å². The number of aryl methyl sites for hydroxylation is 1. The normalized spacial score (nSPS) is 11.1. The second-order valence-electron chi connectivity index (χ2n) is 5.91. The number of hydrogen-bond acceptors (Lipinski definition) is 7. The maximum absolute atomic E-state index is 12.8. The van der Waals surface area contributed by atoms with Gasteiger partial charge >= 0.3 is 5.69 Å². The molecule has 0 aliphatic carbocycles. The maximum atomic E-state index is 12.8. The van der Waals surface area contributed by atoms with Gasteiger partial charge in [-0.25, -0.2) is 9.78 Å². The Hall–Kier alpha value is -2.71. The van der Waals surface area contributed by atoms with Crippen molar-refractivity contribution in [1.82, 2.24) is 14.5 Å². The fourth-order valence-corrected chi connectivity index (χ4v) is 4.54. The van der Waals surface area contributed by atoms with E-state index in [1.54, 1.807) is 36.2 Å². The van der Waals surface area contributed by atoms with Gasteiger partial charge in [0.25, 0.3) is 0 Å². The summed E-state index contributed by atoms with van der Waals surface area (Å²) in [5, 5.41) is 2.86. The van der Waals surface area contributed by atoms with Crippen molar-refractivity contribution < 1.29 is 9.47 Å². The van der Waals surface area contributed by atoms with Crippen molar-refractivity contribution in [2.24, 2.45) is 0 Å². The molecule has 4 aromatic rings. The molecule has 0 atom stereocenters. The molecule has 0 N–H and O–H groups in total. The molecule has 138 valence electrons. The molecule has 3 heterocycles. The fourth-order valence-electron chi connectivity index (χ4n) is 2.91. The molecule has 1 aromatic carbocycles. The largest absolute Gasteiger partial charge is 0.497 e. The van der Waals surface area contributed by atoms with E-state index in [2.05, 4.69) is 9.97 Å². The monoisotopic (exact) mass is 399 g/mol. The summed E-state index contributed by atoms with van der Waals surface area (Å²) in [6, 6.07) is 9.49. The summed E-state index contributed by atoms with van der Waals surface area (Å²) < 4.78 is 12.3. The topological polar surface area (TPSA) is 66.2 Å². The zero-order chi connectivity index (χ0) is 19.0. The van der Waals surface area contributed by atoms with E-state index in [4.69, 9.17) is 9.47 Å². The molecule has 8 heteroatoms. The van der Waals surface area contributed by atoms with E-state index in [0.29, 0.717) is 23.7 Å². The van der Waals surface area contributed by atoms with Gasteiger partial charge in [0.1, 0.15) is 27.5 Å². The Morgan fingerprint density at radius 1 is 1.11 bits per heavy atom. The second-order valence-corrected chi connectivity index (χ2v) is 8.04. The molecule has 0 amide bonds. The average molecular weight is 399 g/mol. The molecule has 0 radical (unpaired) electrons. The van der Waals surface area contributed by atoms with Crippen LogP contribution in [0.15, 0.2) is 40.5 Å². The van der Waals surface area contributed by atoms with Gasteiger partial charge in [0.05, 0.1) is 30.6 Å². The van der Waals surface area contributed by atoms with E-state index in [9.17, 15) is 4.79 Å². The minimum absolute atomic E-state index is 0.295. The molecule has 0 aliphatic heterocycles. The van der Waals surface area contributed by atoms with Crippen LogP contribution < -0.4 is 15.2 Å². The van der Waals surface area contributed by atoms with E-state index in [-0.39, 0.29) is 5.69 Å². The Kier molecular flexibility index (Phi) is 4.67. The molecule has 0 saturated carbocycles. The van der Waals surface area contributed by atoms with Gasteiger partial charge in [-0.2, -0.15) is 4.98 Å².